The quantitative estimate of drug-likeness (QED) is 0.173. The molecule has 0 amide bonds. The molecule has 0 fully saturated rings. The highest BCUT2D eigenvalue weighted by atomic mass is 16.5. The van der Waals surface area contributed by atoms with E-state index in [2.05, 4.69) is 123 Å². The van der Waals surface area contributed by atoms with Gasteiger partial charge in [-0.1, -0.05) is 91.0 Å². The van der Waals surface area contributed by atoms with Gasteiger partial charge in [0.1, 0.15) is 5.76 Å². The lowest BCUT2D eigenvalue weighted by molar-refractivity contribution is 0.333. The molecule has 0 spiro atoms. The van der Waals surface area contributed by atoms with Crippen molar-refractivity contribution in [2.45, 2.75) is 19.0 Å². The fraction of sp³-hybridized carbons (Fsp3) is 0.0755. The minimum Gasteiger partial charge on any atom is -0.457 e. The topological polar surface area (TPSA) is 65.5 Å². The molecule has 0 N–H and O–H groups in total. The minimum absolute atomic E-state index is 0.590. The third-order valence-corrected chi connectivity index (χ3v) is 12.3. The van der Waals surface area contributed by atoms with E-state index in [9.17, 15) is 0 Å². The summed E-state index contributed by atoms with van der Waals surface area (Å²) in [5.74, 6) is 8.34. The third-order valence-electron chi connectivity index (χ3n) is 12.3. The molecule has 5 heterocycles. The van der Waals surface area contributed by atoms with E-state index in [4.69, 9.17) is 23.9 Å². The first-order valence-electron chi connectivity index (χ1n) is 21.2. The van der Waals surface area contributed by atoms with E-state index in [1.807, 2.05) is 91.0 Å². The Morgan fingerprint density at radius 2 is 0.825 bits per heavy atom. The van der Waals surface area contributed by atoms with E-state index in [-0.39, 0.29) is 0 Å². The maximum Gasteiger partial charge on any atom is 0.181 e. The van der Waals surface area contributed by atoms with E-state index in [1.54, 1.807) is 0 Å². The van der Waals surface area contributed by atoms with Gasteiger partial charge in [0.25, 0.3) is 0 Å². The summed E-state index contributed by atoms with van der Waals surface area (Å²) in [6.07, 6.45) is 5.47. The molecule has 1 aliphatic carbocycles. The van der Waals surface area contributed by atoms with Crippen LogP contribution in [0.25, 0.3) is 0 Å². The number of allylic oxidation sites excluding steroid dienone is 3. The Bertz CT molecular complexity index is 3040. The summed E-state index contributed by atoms with van der Waals surface area (Å²) in [4.78, 5) is 17.7. The number of anilines is 7. The monoisotopic (exact) mass is 822 g/mol. The number of hydrogen-bond acceptors (Lipinski definition) is 10. The molecule has 0 radical (unpaired) electrons. The molecule has 63 heavy (non-hydrogen) atoms. The fourth-order valence-electron chi connectivity index (χ4n) is 9.56. The largest absolute Gasteiger partial charge is 0.457 e. The molecule has 0 saturated heterocycles. The van der Waals surface area contributed by atoms with Crippen molar-refractivity contribution in [3.05, 3.63) is 205 Å². The van der Waals surface area contributed by atoms with Crippen molar-refractivity contribution >= 4 is 45.6 Å². The molecule has 1 unspecified atom stereocenters. The Balaban J connectivity index is 1.18. The van der Waals surface area contributed by atoms with Crippen molar-refractivity contribution in [2.75, 3.05) is 26.6 Å². The van der Waals surface area contributed by atoms with E-state index in [1.165, 1.54) is 0 Å². The van der Waals surface area contributed by atoms with E-state index in [0.29, 0.717) is 5.82 Å². The maximum absolute atomic E-state index is 6.74. The van der Waals surface area contributed by atoms with Gasteiger partial charge in [-0.25, -0.2) is 4.99 Å². The Labute approximate surface area is 364 Å². The number of hydrogen-bond donors (Lipinski definition) is 0. The number of nitrogens with zero attached hydrogens (tertiary/aromatic N) is 6. The van der Waals surface area contributed by atoms with Gasteiger partial charge in [-0.15, -0.1) is 0 Å². The summed E-state index contributed by atoms with van der Waals surface area (Å²) in [5, 5.41) is 0. The summed E-state index contributed by atoms with van der Waals surface area (Å²) in [5.41, 5.74) is 7.12. The average molecular weight is 823 g/mol. The molecular formula is C53H38N6O4. The summed E-state index contributed by atoms with van der Waals surface area (Å²) in [7, 11) is 2.18. The van der Waals surface area contributed by atoms with Crippen molar-refractivity contribution in [3.63, 3.8) is 0 Å². The first-order valence-corrected chi connectivity index (χ1v) is 21.2. The van der Waals surface area contributed by atoms with Crippen LogP contribution in [0.2, 0.25) is 0 Å². The van der Waals surface area contributed by atoms with Crippen LogP contribution in [0.4, 0.5) is 39.8 Å². The SMILES string of the molecule is CN1C(N2C3=C(CCC=C3)Oc3ccccc32)=C(N2c3ccccc3Oc3ccccc32)N=C(N2c3ccccc3Oc3ccccc32)C1N1c2ccccc2Oc2ccccc21. The zero-order chi connectivity index (χ0) is 41.6. The predicted octanol–water partition coefficient (Wildman–Crippen LogP) is 13.1. The molecule has 7 aromatic carbocycles. The lowest BCUT2D eigenvalue weighted by Gasteiger charge is -2.51. The predicted molar refractivity (Wildman–Crippen MR) is 246 cm³/mol. The number of aliphatic imine (C=N–C) groups is 1. The van der Waals surface area contributed by atoms with Crippen LogP contribution in [-0.4, -0.2) is 23.9 Å². The molecule has 10 heteroatoms. The van der Waals surface area contributed by atoms with Gasteiger partial charge in [0.2, 0.25) is 0 Å². The van der Waals surface area contributed by atoms with Crippen LogP contribution >= 0.6 is 0 Å². The first-order chi connectivity index (χ1) is 31.2. The van der Waals surface area contributed by atoms with Gasteiger partial charge in [0.15, 0.2) is 63.9 Å². The number of amidine groups is 1. The highest BCUT2D eigenvalue weighted by Crippen LogP contribution is 2.56. The van der Waals surface area contributed by atoms with Gasteiger partial charge in [-0.3, -0.25) is 14.7 Å². The molecule has 7 aromatic rings. The van der Waals surface area contributed by atoms with Crippen molar-refractivity contribution < 1.29 is 18.9 Å². The molecule has 1 atom stereocenters. The molecule has 10 nitrogen and oxygen atoms in total. The molecule has 13 rings (SSSR count). The van der Waals surface area contributed by atoms with Gasteiger partial charge >= 0.3 is 0 Å². The number of para-hydroxylation sites is 14. The number of rotatable bonds is 3. The Morgan fingerprint density at radius 1 is 0.444 bits per heavy atom. The number of fused-ring (bicyclic) bond motifs is 7. The van der Waals surface area contributed by atoms with Crippen molar-refractivity contribution in [1.82, 2.24) is 4.90 Å². The Kier molecular flexibility index (Phi) is 7.77. The fourth-order valence-corrected chi connectivity index (χ4v) is 9.56. The third kappa shape index (κ3) is 5.34. The summed E-state index contributed by atoms with van der Waals surface area (Å²) >= 11 is 0. The van der Waals surface area contributed by atoms with Crippen LogP contribution in [-0.2, 0) is 0 Å². The highest BCUT2D eigenvalue weighted by Gasteiger charge is 2.48. The van der Waals surface area contributed by atoms with E-state index in [0.717, 1.165) is 116 Å². The molecular weight excluding hydrogens is 785 g/mol. The van der Waals surface area contributed by atoms with Crippen LogP contribution in [0.3, 0.4) is 0 Å². The normalized spacial score (nSPS) is 17.6. The molecule has 0 bridgehead atoms. The second-order valence-corrected chi connectivity index (χ2v) is 15.9. The van der Waals surface area contributed by atoms with Gasteiger partial charge in [-0.2, -0.15) is 0 Å². The average Bonchev–Trinajstić information content (AvgIpc) is 3.33. The van der Waals surface area contributed by atoms with Crippen LogP contribution in [0.5, 0.6) is 40.2 Å². The summed E-state index contributed by atoms with van der Waals surface area (Å²) < 4.78 is 26.7. The Morgan fingerprint density at radius 3 is 1.30 bits per heavy atom. The van der Waals surface area contributed by atoms with Crippen LogP contribution in [0.1, 0.15) is 12.8 Å². The lowest BCUT2D eigenvalue weighted by Crippen LogP contribution is -2.59. The van der Waals surface area contributed by atoms with Gasteiger partial charge in [0, 0.05) is 13.5 Å². The zero-order valence-electron chi connectivity index (χ0n) is 34.1. The second-order valence-electron chi connectivity index (χ2n) is 15.9. The molecule has 0 aromatic heterocycles. The van der Waals surface area contributed by atoms with Gasteiger partial charge in [-0.05, 0) is 97.4 Å². The first kappa shape index (κ1) is 35.4. The van der Waals surface area contributed by atoms with E-state index < -0.39 is 6.17 Å². The molecule has 5 aliphatic heterocycles. The highest BCUT2D eigenvalue weighted by molar-refractivity contribution is 6.13. The standard InChI is InChI=1S/C53H38N6O4/c1-55-52(58-38-22-6-14-30-46(38)62-47-31-15-7-23-39(47)58)50(56-34-18-2-10-26-42(34)60-43-27-11-3-19-35(43)56)54-51(57-36-20-4-12-28-44(36)61-45-29-13-5-21-37(45)57)53(55)59-40-24-8-16-32-48(40)63-49-33-17-9-25-41(49)59/h2-16,18-32,52H,17,33H2,1H3. The van der Waals surface area contributed by atoms with Gasteiger partial charge < -0.3 is 28.7 Å². The zero-order valence-corrected chi connectivity index (χ0v) is 34.1. The molecule has 304 valence electrons. The number of likely N-dealkylation sites (N-methyl/N-ethyl adjacent to an activating group) is 1. The van der Waals surface area contributed by atoms with Crippen LogP contribution < -0.4 is 38.5 Å². The molecule has 6 aliphatic rings. The van der Waals surface area contributed by atoms with Gasteiger partial charge in [0.05, 0.1) is 45.5 Å². The van der Waals surface area contributed by atoms with Crippen LogP contribution in [0.15, 0.2) is 210 Å². The smallest absolute Gasteiger partial charge is 0.181 e. The summed E-state index contributed by atoms with van der Waals surface area (Å²) in [6, 6.07) is 57.5. The van der Waals surface area contributed by atoms with Crippen molar-refractivity contribution in [3.8, 4) is 40.2 Å². The van der Waals surface area contributed by atoms with Crippen molar-refractivity contribution in [1.29, 1.82) is 0 Å². The van der Waals surface area contributed by atoms with E-state index >= 15 is 0 Å². The van der Waals surface area contributed by atoms with Crippen molar-refractivity contribution in [2.24, 2.45) is 4.99 Å². The second kappa shape index (κ2) is 13.8. The Hall–Kier alpha value is -8.37. The van der Waals surface area contributed by atoms with Crippen LogP contribution in [0, 0.1) is 0 Å². The molecule has 0 saturated carbocycles. The number of ether oxygens (including phenoxy) is 4. The maximum atomic E-state index is 6.74. The number of benzene rings is 7. The summed E-state index contributed by atoms with van der Waals surface area (Å²) in [6.45, 7) is 0. The minimum atomic E-state index is -0.590. The lowest BCUT2D eigenvalue weighted by atomic mass is 10.0.